The number of hydrogen-bond donors (Lipinski definition) is 1. The van der Waals surface area contributed by atoms with Crippen LogP contribution in [0.1, 0.15) is 5.56 Å². The van der Waals surface area contributed by atoms with Crippen molar-refractivity contribution in [2.75, 3.05) is 0 Å². The van der Waals surface area contributed by atoms with Gasteiger partial charge in [-0.15, -0.1) is 0 Å². The van der Waals surface area contributed by atoms with Crippen molar-refractivity contribution >= 4 is 0 Å². The second-order valence-corrected chi connectivity index (χ2v) is 4.82. The molecular formula is C19H17N. The molecule has 0 saturated carbocycles. The number of nitrogens with two attached hydrogens (primary N) is 1. The smallest absolute Gasteiger partial charge is 0.0178 e. The highest BCUT2D eigenvalue weighted by Gasteiger charge is 2.07. The minimum atomic E-state index is 0.564. The maximum absolute atomic E-state index is 5.79. The summed E-state index contributed by atoms with van der Waals surface area (Å²) in [5.41, 5.74) is 11.9. The van der Waals surface area contributed by atoms with Crippen LogP contribution in [0.15, 0.2) is 78.9 Å². The van der Waals surface area contributed by atoms with Crippen LogP contribution in [0.4, 0.5) is 0 Å². The normalized spacial score (nSPS) is 10.4. The van der Waals surface area contributed by atoms with Gasteiger partial charge in [-0.1, -0.05) is 72.8 Å². The Labute approximate surface area is 119 Å². The van der Waals surface area contributed by atoms with Crippen molar-refractivity contribution in [1.82, 2.24) is 0 Å². The van der Waals surface area contributed by atoms with Crippen LogP contribution in [0, 0.1) is 0 Å². The van der Waals surface area contributed by atoms with Crippen LogP contribution in [0.3, 0.4) is 0 Å². The molecule has 0 saturated heterocycles. The molecule has 98 valence electrons. The first kappa shape index (κ1) is 12.6. The standard InChI is InChI=1S/C19H17N/c20-14-15-11-12-18(16-7-3-1-4-8-16)19(13-15)17-9-5-2-6-10-17/h1-13H,14,20H2. The third-order valence-electron chi connectivity index (χ3n) is 3.49. The molecule has 0 radical (unpaired) electrons. The summed E-state index contributed by atoms with van der Waals surface area (Å²) in [6.45, 7) is 0.564. The van der Waals surface area contributed by atoms with E-state index in [0.717, 1.165) is 5.56 Å². The van der Waals surface area contributed by atoms with E-state index in [1.807, 2.05) is 12.1 Å². The Hall–Kier alpha value is -2.38. The molecule has 0 bridgehead atoms. The zero-order valence-electron chi connectivity index (χ0n) is 11.3. The summed E-state index contributed by atoms with van der Waals surface area (Å²) in [5, 5.41) is 0. The zero-order valence-corrected chi connectivity index (χ0v) is 11.3. The van der Waals surface area contributed by atoms with E-state index in [-0.39, 0.29) is 0 Å². The van der Waals surface area contributed by atoms with Crippen molar-refractivity contribution in [2.45, 2.75) is 6.54 Å². The predicted molar refractivity (Wildman–Crippen MR) is 85.2 cm³/mol. The molecule has 0 heterocycles. The first-order chi connectivity index (χ1) is 9.88. The van der Waals surface area contributed by atoms with Gasteiger partial charge < -0.3 is 5.73 Å². The Morgan fingerprint density at radius 2 is 1.15 bits per heavy atom. The van der Waals surface area contributed by atoms with Gasteiger partial charge in [-0.05, 0) is 33.9 Å². The molecule has 20 heavy (non-hydrogen) atoms. The Morgan fingerprint density at radius 1 is 0.600 bits per heavy atom. The molecule has 0 spiro atoms. The molecular weight excluding hydrogens is 242 g/mol. The summed E-state index contributed by atoms with van der Waals surface area (Å²) in [7, 11) is 0. The molecule has 1 nitrogen and oxygen atoms in total. The zero-order chi connectivity index (χ0) is 13.8. The van der Waals surface area contributed by atoms with Gasteiger partial charge in [-0.2, -0.15) is 0 Å². The summed E-state index contributed by atoms with van der Waals surface area (Å²) in [6.07, 6.45) is 0. The van der Waals surface area contributed by atoms with E-state index in [9.17, 15) is 0 Å². The SMILES string of the molecule is NCc1ccc(-c2ccccc2)c(-c2ccccc2)c1. The number of rotatable bonds is 3. The average molecular weight is 259 g/mol. The second kappa shape index (κ2) is 5.72. The van der Waals surface area contributed by atoms with Gasteiger partial charge in [0.15, 0.2) is 0 Å². The third kappa shape index (κ3) is 2.49. The molecule has 0 aliphatic rings. The Balaban J connectivity index is 2.20. The van der Waals surface area contributed by atoms with E-state index in [4.69, 9.17) is 5.73 Å². The van der Waals surface area contributed by atoms with Crippen LogP contribution in [-0.2, 0) is 6.54 Å². The largest absolute Gasteiger partial charge is 0.326 e. The molecule has 3 aromatic rings. The highest BCUT2D eigenvalue weighted by Crippen LogP contribution is 2.32. The predicted octanol–water partition coefficient (Wildman–Crippen LogP) is 4.48. The molecule has 2 N–H and O–H groups in total. The topological polar surface area (TPSA) is 26.0 Å². The van der Waals surface area contributed by atoms with Crippen LogP contribution in [0.2, 0.25) is 0 Å². The average Bonchev–Trinajstić information content (AvgIpc) is 2.56. The summed E-state index contributed by atoms with van der Waals surface area (Å²) in [4.78, 5) is 0. The first-order valence-electron chi connectivity index (χ1n) is 6.82. The quantitative estimate of drug-likeness (QED) is 0.737. The van der Waals surface area contributed by atoms with E-state index in [2.05, 4.69) is 66.7 Å². The monoisotopic (exact) mass is 259 g/mol. The fourth-order valence-electron chi connectivity index (χ4n) is 2.44. The van der Waals surface area contributed by atoms with Gasteiger partial charge >= 0.3 is 0 Å². The fraction of sp³-hybridized carbons (Fsp3) is 0.0526. The van der Waals surface area contributed by atoms with Crippen LogP contribution in [0.25, 0.3) is 22.3 Å². The molecule has 1 heteroatoms. The highest BCUT2D eigenvalue weighted by atomic mass is 14.5. The lowest BCUT2D eigenvalue weighted by molar-refractivity contribution is 1.07. The summed E-state index contributed by atoms with van der Waals surface area (Å²) in [6, 6.07) is 27.4. The van der Waals surface area contributed by atoms with Crippen LogP contribution in [0.5, 0.6) is 0 Å². The molecule has 3 aromatic carbocycles. The molecule has 0 amide bonds. The lowest BCUT2D eigenvalue weighted by Crippen LogP contribution is -1.97. The molecule has 0 atom stereocenters. The maximum Gasteiger partial charge on any atom is 0.0178 e. The van der Waals surface area contributed by atoms with Crippen LogP contribution >= 0.6 is 0 Å². The Bertz CT molecular complexity index is 687. The summed E-state index contributed by atoms with van der Waals surface area (Å²) < 4.78 is 0. The molecule has 0 aliphatic heterocycles. The summed E-state index contributed by atoms with van der Waals surface area (Å²) >= 11 is 0. The number of benzene rings is 3. The van der Waals surface area contributed by atoms with Crippen molar-refractivity contribution in [2.24, 2.45) is 5.73 Å². The molecule has 0 aliphatic carbocycles. The van der Waals surface area contributed by atoms with Crippen molar-refractivity contribution in [3.63, 3.8) is 0 Å². The Morgan fingerprint density at radius 3 is 1.70 bits per heavy atom. The third-order valence-corrected chi connectivity index (χ3v) is 3.49. The lowest BCUT2D eigenvalue weighted by atomic mass is 9.93. The van der Waals surface area contributed by atoms with Gasteiger partial charge in [0.05, 0.1) is 0 Å². The minimum absolute atomic E-state index is 0.564. The van der Waals surface area contributed by atoms with E-state index in [0.29, 0.717) is 6.54 Å². The summed E-state index contributed by atoms with van der Waals surface area (Å²) in [5.74, 6) is 0. The van der Waals surface area contributed by atoms with Gasteiger partial charge in [-0.3, -0.25) is 0 Å². The highest BCUT2D eigenvalue weighted by molar-refractivity contribution is 5.83. The second-order valence-electron chi connectivity index (χ2n) is 4.82. The van der Waals surface area contributed by atoms with Crippen LogP contribution < -0.4 is 5.73 Å². The minimum Gasteiger partial charge on any atom is -0.326 e. The van der Waals surface area contributed by atoms with Gasteiger partial charge in [-0.25, -0.2) is 0 Å². The van der Waals surface area contributed by atoms with Gasteiger partial charge in [0.25, 0.3) is 0 Å². The van der Waals surface area contributed by atoms with E-state index >= 15 is 0 Å². The molecule has 3 rings (SSSR count). The van der Waals surface area contributed by atoms with Gasteiger partial charge in [0.2, 0.25) is 0 Å². The molecule has 0 aromatic heterocycles. The molecule has 0 fully saturated rings. The Kier molecular flexibility index (Phi) is 3.62. The van der Waals surface area contributed by atoms with E-state index < -0.39 is 0 Å². The van der Waals surface area contributed by atoms with Crippen molar-refractivity contribution in [1.29, 1.82) is 0 Å². The number of hydrogen-bond acceptors (Lipinski definition) is 1. The fourth-order valence-corrected chi connectivity index (χ4v) is 2.44. The van der Waals surface area contributed by atoms with E-state index in [1.54, 1.807) is 0 Å². The first-order valence-corrected chi connectivity index (χ1v) is 6.82. The van der Waals surface area contributed by atoms with Crippen molar-refractivity contribution in [3.05, 3.63) is 84.4 Å². The van der Waals surface area contributed by atoms with Crippen LogP contribution in [-0.4, -0.2) is 0 Å². The molecule has 0 unspecified atom stereocenters. The lowest BCUT2D eigenvalue weighted by Gasteiger charge is -2.12. The van der Waals surface area contributed by atoms with Crippen molar-refractivity contribution in [3.8, 4) is 22.3 Å². The van der Waals surface area contributed by atoms with E-state index in [1.165, 1.54) is 22.3 Å². The van der Waals surface area contributed by atoms with Crippen molar-refractivity contribution < 1.29 is 0 Å². The van der Waals surface area contributed by atoms with Gasteiger partial charge in [0, 0.05) is 6.54 Å². The maximum atomic E-state index is 5.79. The van der Waals surface area contributed by atoms with Gasteiger partial charge in [0.1, 0.15) is 0 Å².